The first-order valence-corrected chi connectivity index (χ1v) is 12.5. The van der Waals surface area contributed by atoms with Crippen LogP contribution in [-0.2, 0) is 6.54 Å². The highest BCUT2D eigenvalue weighted by Gasteiger charge is 2.21. The van der Waals surface area contributed by atoms with E-state index in [0.29, 0.717) is 28.8 Å². The number of carbonyl (C=O) groups is 1. The lowest BCUT2D eigenvalue weighted by atomic mass is 10.0. The van der Waals surface area contributed by atoms with E-state index in [0.717, 1.165) is 38.0 Å². The van der Waals surface area contributed by atoms with E-state index >= 15 is 0 Å². The molecule has 1 aromatic heterocycles. The van der Waals surface area contributed by atoms with Gasteiger partial charge in [0.2, 0.25) is 5.88 Å². The summed E-state index contributed by atoms with van der Waals surface area (Å²) < 4.78 is 11.3. The number of ether oxygens (including phenoxy) is 2. The molecule has 1 saturated heterocycles. The summed E-state index contributed by atoms with van der Waals surface area (Å²) in [5.41, 5.74) is 2.65. The van der Waals surface area contributed by atoms with E-state index < -0.39 is 0 Å². The Labute approximate surface area is 217 Å². The molecule has 0 atom stereocenters. The van der Waals surface area contributed by atoms with Gasteiger partial charge in [-0.15, -0.1) is 0 Å². The third-order valence-electron chi connectivity index (χ3n) is 6.47. The molecule has 0 unspecified atom stereocenters. The van der Waals surface area contributed by atoms with Crippen LogP contribution in [0.25, 0.3) is 11.4 Å². The van der Waals surface area contributed by atoms with Crippen LogP contribution in [0.5, 0.6) is 17.4 Å². The molecule has 5 rings (SSSR count). The summed E-state index contributed by atoms with van der Waals surface area (Å²) in [6.45, 7) is 2.88. The van der Waals surface area contributed by atoms with Gasteiger partial charge in [-0.05, 0) is 42.7 Å². The van der Waals surface area contributed by atoms with Gasteiger partial charge in [0.25, 0.3) is 5.91 Å². The van der Waals surface area contributed by atoms with Crippen molar-refractivity contribution < 1.29 is 14.3 Å². The summed E-state index contributed by atoms with van der Waals surface area (Å²) in [5.74, 6) is 1.98. The quantitative estimate of drug-likeness (QED) is 0.356. The number of amides is 1. The molecule has 1 aliphatic rings. The molecule has 1 amide bonds. The van der Waals surface area contributed by atoms with Crippen LogP contribution in [0, 0.1) is 0 Å². The Morgan fingerprint density at radius 1 is 0.946 bits per heavy atom. The van der Waals surface area contributed by atoms with E-state index in [-0.39, 0.29) is 11.9 Å². The monoisotopic (exact) mass is 494 g/mol. The molecule has 1 aliphatic heterocycles. The van der Waals surface area contributed by atoms with Gasteiger partial charge < -0.3 is 14.8 Å². The average molecular weight is 495 g/mol. The molecule has 0 bridgehead atoms. The first-order valence-electron chi connectivity index (χ1n) is 12.5. The summed E-state index contributed by atoms with van der Waals surface area (Å²) in [5, 5.41) is 3.21. The second-order valence-corrected chi connectivity index (χ2v) is 9.06. The minimum atomic E-state index is -0.0789. The van der Waals surface area contributed by atoms with Crippen molar-refractivity contribution in [3.63, 3.8) is 0 Å². The van der Waals surface area contributed by atoms with Crippen LogP contribution >= 0.6 is 0 Å². The smallest absolute Gasteiger partial charge is 0.251 e. The molecule has 0 spiro atoms. The zero-order chi connectivity index (χ0) is 25.5. The highest BCUT2D eigenvalue weighted by atomic mass is 16.5. The first kappa shape index (κ1) is 24.5. The van der Waals surface area contributed by atoms with Gasteiger partial charge in [-0.25, -0.2) is 4.98 Å². The predicted octanol–water partition coefficient (Wildman–Crippen LogP) is 5.34. The largest absolute Gasteiger partial charge is 0.493 e. The lowest BCUT2D eigenvalue weighted by Crippen LogP contribution is -2.44. The summed E-state index contributed by atoms with van der Waals surface area (Å²) in [7, 11) is 1.60. The first-order chi connectivity index (χ1) is 18.2. The van der Waals surface area contributed by atoms with Crippen LogP contribution < -0.4 is 14.8 Å². The predicted molar refractivity (Wildman–Crippen MR) is 143 cm³/mol. The second kappa shape index (κ2) is 11.7. The van der Waals surface area contributed by atoms with Crippen LogP contribution in [0.1, 0.15) is 28.8 Å². The molecule has 4 aromatic rings. The third kappa shape index (κ3) is 6.32. The lowest BCUT2D eigenvalue weighted by Gasteiger charge is -2.32. The maximum Gasteiger partial charge on any atom is 0.251 e. The Morgan fingerprint density at radius 3 is 2.49 bits per heavy atom. The van der Waals surface area contributed by atoms with E-state index in [1.54, 1.807) is 19.4 Å². The number of methoxy groups -OCH3 is 1. The molecule has 2 heterocycles. The SMILES string of the molecule is COc1ccccc1Oc1ccnc(-c2cccc(C(=O)NC3CCN(Cc4ccccc4)CC3)c2)n1. The number of hydrogen-bond acceptors (Lipinski definition) is 6. The summed E-state index contributed by atoms with van der Waals surface area (Å²) in [4.78, 5) is 24.4. The maximum absolute atomic E-state index is 13.0. The molecule has 0 aliphatic carbocycles. The van der Waals surface area contributed by atoms with Gasteiger partial charge in [0.05, 0.1) is 7.11 Å². The minimum Gasteiger partial charge on any atom is -0.493 e. The fraction of sp³-hybridized carbons (Fsp3) is 0.233. The van der Waals surface area contributed by atoms with Crippen LogP contribution in [0.3, 0.4) is 0 Å². The van der Waals surface area contributed by atoms with Crippen molar-refractivity contribution >= 4 is 5.91 Å². The Hall–Kier alpha value is -4.23. The molecule has 1 N–H and O–H groups in total. The number of piperidine rings is 1. The van der Waals surface area contributed by atoms with Crippen molar-refractivity contribution in [2.75, 3.05) is 20.2 Å². The molecule has 1 fully saturated rings. The molecule has 0 saturated carbocycles. The summed E-state index contributed by atoms with van der Waals surface area (Å²) in [6, 6.07) is 27.1. The Balaban J connectivity index is 1.21. The van der Waals surface area contributed by atoms with Gasteiger partial charge in [0.1, 0.15) is 0 Å². The number of carbonyl (C=O) groups excluding carboxylic acids is 1. The molecule has 37 heavy (non-hydrogen) atoms. The highest BCUT2D eigenvalue weighted by Crippen LogP contribution is 2.30. The van der Waals surface area contributed by atoms with Crippen molar-refractivity contribution in [1.82, 2.24) is 20.2 Å². The number of benzene rings is 3. The van der Waals surface area contributed by atoms with Crippen LogP contribution in [0.2, 0.25) is 0 Å². The maximum atomic E-state index is 13.0. The number of para-hydroxylation sites is 2. The van der Waals surface area contributed by atoms with Crippen molar-refractivity contribution in [3.8, 4) is 28.8 Å². The van der Waals surface area contributed by atoms with E-state index in [1.165, 1.54) is 5.56 Å². The molecule has 7 nitrogen and oxygen atoms in total. The van der Waals surface area contributed by atoms with E-state index in [9.17, 15) is 4.79 Å². The zero-order valence-electron chi connectivity index (χ0n) is 20.8. The topological polar surface area (TPSA) is 76.6 Å². The molecule has 7 heteroatoms. The van der Waals surface area contributed by atoms with Crippen LogP contribution in [-0.4, -0.2) is 47.0 Å². The normalized spacial score (nSPS) is 14.2. The van der Waals surface area contributed by atoms with Gasteiger partial charge in [0, 0.05) is 49.1 Å². The molecular weight excluding hydrogens is 464 g/mol. The van der Waals surface area contributed by atoms with Gasteiger partial charge in [-0.1, -0.05) is 54.6 Å². The average Bonchev–Trinajstić information content (AvgIpc) is 2.95. The highest BCUT2D eigenvalue weighted by molar-refractivity contribution is 5.95. The Morgan fingerprint density at radius 2 is 1.70 bits per heavy atom. The van der Waals surface area contributed by atoms with Crippen LogP contribution in [0.4, 0.5) is 0 Å². The van der Waals surface area contributed by atoms with Crippen molar-refractivity contribution in [1.29, 1.82) is 0 Å². The number of aromatic nitrogens is 2. The fourth-order valence-electron chi connectivity index (χ4n) is 4.50. The number of rotatable bonds is 8. The summed E-state index contributed by atoms with van der Waals surface area (Å²) in [6.07, 6.45) is 3.51. The third-order valence-corrected chi connectivity index (χ3v) is 6.47. The number of likely N-dealkylation sites (tertiary alicyclic amines) is 1. The molecule has 188 valence electrons. The molecular formula is C30H30N4O3. The van der Waals surface area contributed by atoms with Gasteiger partial charge >= 0.3 is 0 Å². The van der Waals surface area contributed by atoms with Gasteiger partial charge in [-0.2, -0.15) is 4.98 Å². The summed E-state index contributed by atoms with van der Waals surface area (Å²) >= 11 is 0. The van der Waals surface area contributed by atoms with E-state index in [4.69, 9.17) is 9.47 Å². The number of nitrogens with zero attached hydrogens (tertiary/aromatic N) is 3. The number of hydrogen-bond donors (Lipinski definition) is 1. The molecule has 3 aromatic carbocycles. The van der Waals surface area contributed by atoms with Crippen molar-refractivity contribution in [2.24, 2.45) is 0 Å². The van der Waals surface area contributed by atoms with Crippen molar-refractivity contribution in [3.05, 3.63) is 102 Å². The fourth-order valence-corrected chi connectivity index (χ4v) is 4.50. The van der Waals surface area contributed by atoms with Gasteiger partial charge in [-0.3, -0.25) is 9.69 Å². The second-order valence-electron chi connectivity index (χ2n) is 9.06. The van der Waals surface area contributed by atoms with Crippen LogP contribution in [0.15, 0.2) is 91.1 Å². The lowest BCUT2D eigenvalue weighted by molar-refractivity contribution is 0.0909. The number of nitrogens with one attached hydrogen (secondary N) is 1. The van der Waals surface area contributed by atoms with Gasteiger partial charge in [0.15, 0.2) is 17.3 Å². The van der Waals surface area contributed by atoms with E-state index in [1.807, 2.05) is 54.6 Å². The molecule has 0 radical (unpaired) electrons. The minimum absolute atomic E-state index is 0.0789. The zero-order valence-corrected chi connectivity index (χ0v) is 20.8. The Bertz CT molecular complexity index is 1340. The van der Waals surface area contributed by atoms with Crippen molar-refractivity contribution in [2.45, 2.75) is 25.4 Å². The standard InChI is InChI=1S/C30H30N4O3/c1-36-26-12-5-6-13-27(26)37-28-14-17-31-29(33-28)23-10-7-11-24(20-23)30(35)32-25-15-18-34(19-16-25)21-22-8-3-2-4-9-22/h2-14,17,20,25H,15-16,18-19,21H2,1H3,(H,32,35). The Kier molecular flexibility index (Phi) is 7.72. The van der Waals surface area contributed by atoms with E-state index in [2.05, 4.69) is 44.5 Å².